The van der Waals surface area contributed by atoms with Gasteiger partial charge in [-0.1, -0.05) is 35.9 Å². The number of hydrogen-bond acceptors (Lipinski definition) is 3. The number of amides is 2. The first kappa shape index (κ1) is 18.1. The number of halogens is 1. The summed E-state index contributed by atoms with van der Waals surface area (Å²) in [5.74, 6) is 0.623. The van der Waals surface area contributed by atoms with Crippen LogP contribution in [0.25, 0.3) is 22.2 Å². The van der Waals surface area contributed by atoms with Crippen molar-refractivity contribution in [3.8, 4) is 11.1 Å². The Balaban J connectivity index is 1.72. The van der Waals surface area contributed by atoms with Crippen LogP contribution >= 0.6 is 11.6 Å². The Morgan fingerprint density at radius 2 is 1.89 bits per heavy atom. The van der Waals surface area contributed by atoms with Crippen LogP contribution in [0.4, 0.5) is 10.5 Å². The topological polar surface area (TPSA) is 81.1 Å². The number of anilines is 1. The number of hydrogen-bond donors (Lipinski definition) is 2. The highest BCUT2D eigenvalue weighted by Gasteiger charge is 2.13. The molecule has 3 N–H and O–H groups in total. The van der Waals surface area contributed by atoms with E-state index in [0.717, 1.165) is 33.4 Å². The molecule has 1 heterocycles. The summed E-state index contributed by atoms with van der Waals surface area (Å²) in [7, 11) is 0. The SMILES string of the molecule is Cc1nc2c(-c3cccc(Cl)c3)cc(Cc3ccc(NC(N)=O)cc3)cc2o1. The molecular formula is C22H18ClN3O2. The lowest BCUT2D eigenvalue weighted by Gasteiger charge is -2.08. The second kappa shape index (κ2) is 7.37. The number of urea groups is 1. The molecule has 0 aliphatic carbocycles. The van der Waals surface area contributed by atoms with Crippen molar-refractivity contribution in [1.82, 2.24) is 4.98 Å². The molecule has 0 aliphatic rings. The third-order valence-electron chi connectivity index (χ3n) is 4.43. The van der Waals surface area contributed by atoms with E-state index in [-0.39, 0.29) is 0 Å². The first-order valence-electron chi connectivity index (χ1n) is 8.79. The third kappa shape index (κ3) is 3.85. The van der Waals surface area contributed by atoms with Crippen LogP contribution in [-0.4, -0.2) is 11.0 Å². The van der Waals surface area contributed by atoms with Gasteiger partial charge in [-0.15, -0.1) is 0 Å². The Kier molecular flexibility index (Phi) is 4.75. The van der Waals surface area contributed by atoms with Crippen LogP contribution in [-0.2, 0) is 6.42 Å². The minimum atomic E-state index is -0.579. The lowest BCUT2D eigenvalue weighted by atomic mass is 9.98. The van der Waals surface area contributed by atoms with Gasteiger partial charge in [-0.3, -0.25) is 0 Å². The lowest BCUT2D eigenvalue weighted by molar-refractivity contribution is 0.259. The van der Waals surface area contributed by atoms with Crippen molar-refractivity contribution in [1.29, 1.82) is 0 Å². The Morgan fingerprint density at radius 3 is 2.61 bits per heavy atom. The van der Waals surface area contributed by atoms with Gasteiger partial charge in [0.2, 0.25) is 0 Å². The van der Waals surface area contributed by atoms with Gasteiger partial charge in [-0.25, -0.2) is 9.78 Å². The molecule has 0 unspecified atom stereocenters. The average molecular weight is 392 g/mol. The van der Waals surface area contributed by atoms with Crippen LogP contribution in [0, 0.1) is 6.92 Å². The lowest BCUT2D eigenvalue weighted by Crippen LogP contribution is -2.19. The van der Waals surface area contributed by atoms with E-state index in [2.05, 4.69) is 16.4 Å². The number of aryl methyl sites for hydroxylation is 1. The maximum Gasteiger partial charge on any atom is 0.316 e. The molecule has 0 aliphatic heterocycles. The molecule has 28 heavy (non-hydrogen) atoms. The number of aromatic nitrogens is 1. The minimum absolute atomic E-state index is 0.579. The smallest absolute Gasteiger partial charge is 0.316 e. The van der Waals surface area contributed by atoms with Crippen LogP contribution in [0.15, 0.2) is 65.1 Å². The first-order valence-corrected chi connectivity index (χ1v) is 9.17. The number of oxazole rings is 1. The number of primary amides is 1. The molecule has 0 bridgehead atoms. The largest absolute Gasteiger partial charge is 0.441 e. The molecule has 5 nitrogen and oxygen atoms in total. The molecule has 4 rings (SSSR count). The maximum atomic E-state index is 11.0. The minimum Gasteiger partial charge on any atom is -0.441 e. The van der Waals surface area contributed by atoms with Crippen molar-refractivity contribution in [3.63, 3.8) is 0 Å². The fourth-order valence-corrected chi connectivity index (χ4v) is 3.45. The Hall–Kier alpha value is -3.31. The van der Waals surface area contributed by atoms with Crippen molar-refractivity contribution in [2.45, 2.75) is 13.3 Å². The van der Waals surface area contributed by atoms with E-state index in [4.69, 9.17) is 21.8 Å². The summed E-state index contributed by atoms with van der Waals surface area (Å²) in [5.41, 5.74) is 11.6. The van der Waals surface area contributed by atoms with Gasteiger partial charge >= 0.3 is 6.03 Å². The predicted molar refractivity (Wildman–Crippen MR) is 112 cm³/mol. The quantitative estimate of drug-likeness (QED) is 0.479. The van der Waals surface area contributed by atoms with Gasteiger partial charge < -0.3 is 15.5 Å². The molecular weight excluding hydrogens is 374 g/mol. The van der Waals surface area contributed by atoms with Crippen LogP contribution < -0.4 is 11.1 Å². The van der Waals surface area contributed by atoms with E-state index in [1.54, 1.807) is 0 Å². The van der Waals surface area contributed by atoms with Gasteiger partial charge in [0.1, 0.15) is 5.52 Å². The molecule has 4 aromatic rings. The summed E-state index contributed by atoms with van der Waals surface area (Å²) >= 11 is 6.19. The van der Waals surface area contributed by atoms with E-state index in [1.807, 2.05) is 61.5 Å². The van der Waals surface area contributed by atoms with E-state index in [0.29, 0.717) is 23.0 Å². The van der Waals surface area contributed by atoms with Gasteiger partial charge in [0.15, 0.2) is 11.5 Å². The summed E-state index contributed by atoms with van der Waals surface area (Å²) in [4.78, 5) is 15.5. The molecule has 6 heteroatoms. The number of carbonyl (C=O) groups excluding carboxylic acids is 1. The number of rotatable bonds is 4. The maximum absolute atomic E-state index is 11.0. The molecule has 0 saturated heterocycles. The number of nitrogens with one attached hydrogen (secondary N) is 1. The zero-order chi connectivity index (χ0) is 19.7. The molecule has 0 saturated carbocycles. The Labute approximate surface area is 167 Å². The second-order valence-electron chi connectivity index (χ2n) is 6.60. The second-order valence-corrected chi connectivity index (χ2v) is 7.03. The molecule has 2 amide bonds. The number of benzene rings is 3. The van der Waals surface area contributed by atoms with Crippen LogP contribution in [0.2, 0.25) is 5.02 Å². The summed E-state index contributed by atoms with van der Waals surface area (Å²) in [6, 6.07) is 18.8. The van der Waals surface area contributed by atoms with E-state index in [9.17, 15) is 4.79 Å². The van der Waals surface area contributed by atoms with Crippen LogP contribution in [0.5, 0.6) is 0 Å². The Bertz CT molecular complexity index is 1170. The van der Waals surface area contributed by atoms with Crippen molar-refractivity contribution in [3.05, 3.63) is 82.7 Å². The van der Waals surface area contributed by atoms with Crippen molar-refractivity contribution in [2.24, 2.45) is 5.73 Å². The summed E-state index contributed by atoms with van der Waals surface area (Å²) in [6.07, 6.45) is 0.708. The predicted octanol–water partition coefficient (Wildman–Crippen LogP) is 5.54. The fraction of sp³-hybridized carbons (Fsp3) is 0.0909. The van der Waals surface area contributed by atoms with Gasteiger partial charge in [-0.2, -0.15) is 0 Å². The number of fused-ring (bicyclic) bond motifs is 1. The molecule has 0 radical (unpaired) electrons. The molecule has 0 spiro atoms. The first-order chi connectivity index (χ1) is 13.5. The van der Waals surface area contributed by atoms with E-state index in [1.165, 1.54) is 0 Å². The summed E-state index contributed by atoms with van der Waals surface area (Å²) in [6.45, 7) is 1.84. The van der Waals surface area contributed by atoms with Gasteiger partial charge in [0.05, 0.1) is 0 Å². The average Bonchev–Trinajstić information content (AvgIpc) is 3.02. The number of nitrogens with two attached hydrogens (primary N) is 1. The highest BCUT2D eigenvalue weighted by Crippen LogP contribution is 2.32. The molecule has 1 aromatic heterocycles. The molecule has 0 atom stereocenters. The van der Waals surface area contributed by atoms with Crippen LogP contribution in [0.1, 0.15) is 17.0 Å². The van der Waals surface area contributed by atoms with Crippen molar-refractivity contribution in [2.75, 3.05) is 5.32 Å². The normalized spacial score (nSPS) is 10.9. The highest BCUT2D eigenvalue weighted by atomic mass is 35.5. The zero-order valence-corrected chi connectivity index (χ0v) is 16.0. The number of carbonyl (C=O) groups is 1. The third-order valence-corrected chi connectivity index (χ3v) is 4.66. The molecule has 3 aromatic carbocycles. The molecule has 140 valence electrons. The Morgan fingerprint density at radius 1 is 1.11 bits per heavy atom. The standard InChI is InChI=1S/C22H18ClN3O2/c1-13-25-21-19(16-3-2-4-17(23)12-16)10-15(11-20(21)28-13)9-14-5-7-18(8-6-14)26-22(24)27/h2-8,10-12H,9H2,1H3,(H3,24,26,27). The fourth-order valence-electron chi connectivity index (χ4n) is 3.26. The van der Waals surface area contributed by atoms with E-state index >= 15 is 0 Å². The van der Waals surface area contributed by atoms with Gasteiger partial charge in [-0.05, 0) is 59.5 Å². The summed E-state index contributed by atoms with van der Waals surface area (Å²) < 4.78 is 5.80. The van der Waals surface area contributed by atoms with Crippen molar-refractivity contribution >= 4 is 34.4 Å². The van der Waals surface area contributed by atoms with Crippen LogP contribution in [0.3, 0.4) is 0 Å². The van der Waals surface area contributed by atoms with E-state index < -0.39 is 6.03 Å². The number of nitrogens with zero attached hydrogens (tertiary/aromatic N) is 1. The van der Waals surface area contributed by atoms with Crippen molar-refractivity contribution < 1.29 is 9.21 Å². The monoisotopic (exact) mass is 391 g/mol. The van der Waals surface area contributed by atoms with Gasteiger partial charge in [0, 0.05) is 23.2 Å². The summed E-state index contributed by atoms with van der Waals surface area (Å²) in [5, 5.41) is 3.24. The zero-order valence-electron chi connectivity index (χ0n) is 15.2. The highest BCUT2D eigenvalue weighted by molar-refractivity contribution is 6.30. The van der Waals surface area contributed by atoms with Gasteiger partial charge in [0.25, 0.3) is 0 Å². The molecule has 0 fully saturated rings.